The van der Waals surface area contributed by atoms with Crippen molar-refractivity contribution in [1.29, 1.82) is 0 Å². The van der Waals surface area contributed by atoms with Crippen LogP contribution in [0.25, 0.3) is 0 Å². The molecule has 186 valence electrons. The van der Waals surface area contributed by atoms with Crippen molar-refractivity contribution in [2.24, 2.45) is 22.7 Å². The van der Waals surface area contributed by atoms with Gasteiger partial charge in [-0.3, -0.25) is 19.2 Å². The zero-order valence-corrected chi connectivity index (χ0v) is 19.8. The molecule has 0 aromatic carbocycles. The summed E-state index contributed by atoms with van der Waals surface area (Å²) in [5.41, 5.74) is -6.42. The molecule has 0 bridgehead atoms. The Balaban J connectivity index is 1.80. The van der Waals surface area contributed by atoms with E-state index in [9.17, 15) is 29.4 Å². The lowest BCUT2D eigenvalue weighted by molar-refractivity contribution is -0.224. The molecule has 4 aliphatic rings. The lowest BCUT2D eigenvalue weighted by Crippen LogP contribution is -2.70. The first-order valence-electron chi connectivity index (χ1n) is 11.6. The number of ketones is 2. The molecular weight excluding hydrogens is 447 g/mol. The average molecular weight is 479 g/mol. The van der Waals surface area contributed by atoms with E-state index >= 15 is 4.39 Å². The van der Waals surface area contributed by atoms with Crippen LogP contribution in [0.3, 0.4) is 0 Å². The van der Waals surface area contributed by atoms with Crippen molar-refractivity contribution in [3.05, 3.63) is 23.8 Å². The number of aliphatic hydroxyl groups is 2. The second-order valence-corrected chi connectivity index (χ2v) is 10.6. The van der Waals surface area contributed by atoms with E-state index in [4.69, 9.17) is 9.47 Å². The minimum Gasteiger partial charge on any atom is -0.459 e. The van der Waals surface area contributed by atoms with E-state index in [1.54, 1.807) is 13.8 Å². The van der Waals surface area contributed by atoms with Gasteiger partial charge in [0.15, 0.2) is 23.7 Å². The number of Topliss-reactive ketones (excluding diaryl/α,β-unsaturated/α-hetero) is 1. The number of carbonyl (C=O) groups excluding carboxylic acids is 4. The molecule has 34 heavy (non-hydrogen) atoms. The zero-order valence-electron chi connectivity index (χ0n) is 19.8. The van der Waals surface area contributed by atoms with E-state index in [0.717, 1.165) is 13.8 Å². The van der Waals surface area contributed by atoms with Crippen molar-refractivity contribution in [2.45, 2.75) is 76.9 Å². The molecule has 3 fully saturated rings. The van der Waals surface area contributed by atoms with Gasteiger partial charge in [-0.15, -0.1) is 0 Å². The van der Waals surface area contributed by atoms with E-state index in [2.05, 4.69) is 0 Å². The molecule has 0 spiro atoms. The molecule has 0 aromatic heterocycles. The fraction of sp³-hybridized carbons (Fsp3) is 0.680. The number of halogens is 1. The molecule has 0 aromatic rings. The average Bonchev–Trinajstić information content (AvgIpc) is 2.95. The molecule has 0 aliphatic heterocycles. The van der Waals surface area contributed by atoms with Crippen LogP contribution in [-0.4, -0.2) is 63.8 Å². The maximum absolute atomic E-state index is 17.2. The van der Waals surface area contributed by atoms with Gasteiger partial charge in [0, 0.05) is 30.6 Å². The number of alkyl halides is 1. The van der Waals surface area contributed by atoms with Crippen LogP contribution in [0, 0.1) is 22.7 Å². The first-order valence-corrected chi connectivity index (χ1v) is 11.6. The summed E-state index contributed by atoms with van der Waals surface area (Å²) in [6, 6.07) is 0. The lowest BCUT2D eigenvalue weighted by Gasteiger charge is -2.62. The second-order valence-electron chi connectivity index (χ2n) is 10.6. The fourth-order valence-corrected chi connectivity index (χ4v) is 7.31. The predicted molar refractivity (Wildman–Crippen MR) is 116 cm³/mol. The largest absolute Gasteiger partial charge is 0.459 e. The number of hydrogen-bond donors (Lipinski definition) is 2. The number of allylic oxidation sites excluding steroid dienone is 4. The zero-order chi connectivity index (χ0) is 25.3. The third kappa shape index (κ3) is 3.09. The third-order valence-corrected chi connectivity index (χ3v) is 8.98. The van der Waals surface area contributed by atoms with Crippen molar-refractivity contribution >= 4 is 23.5 Å². The van der Waals surface area contributed by atoms with Gasteiger partial charge < -0.3 is 19.7 Å². The third-order valence-electron chi connectivity index (χ3n) is 8.98. The van der Waals surface area contributed by atoms with Gasteiger partial charge in [-0.05, 0) is 50.7 Å². The SMILES string of the molecule is CC(=O)OCC(=O)[C@@]1(O)C(OC(C)=O)C[C@H]2[C@H]3CCC4=CC(=O)C=C[C@]4(C)[C@@]3(F)C(O)C[C@@]21C. The Morgan fingerprint density at radius 1 is 1.18 bits per heavy atom. The van der Waals surface area contributed by atoms with Crippen LogP contribution in [0.1, 0.15) is 53.4 Å². The molecule has 8 atom stereocenters. The molecule has 0 heterocycles. The van der Waals surface area contributed by atoms with Crippen LogP contribution in [-0.2, 0) is 28.7 Å². The number of aliphatic hydroxyl groups excluding tert-OH is 1. The Kier molecular flexibility index (Phi) is 5.68. The van der Waals surface area contributed by atoms with Crippen LogP contribution in [0.2, 0.25) is 0 Å². The second kappa shape index (κ2) is 7.81. The maximum Gasteiger partial charge on any atom is 0.303 e. The summed E-state index contributed by atoms with van der Waals surface area (Å²) in [6.07, 6.45) is 1.82. The van der Waals surface area contributed by atoms with E-state index < -0.39 is 70.5 Å². The summed E-state index contributed by atoms with van der Waals surface area (Å²) in [5, 5.41) is 23.1. The van der Waals surface area contributed by atoms with Crippen molar-refractivity contribution in [3.8, 4) is 0 Å². The molecule has 8 nitrogen and oxygen atoms in total. The Morgan fingerprint density at radius 3 is 2.47 bits per heavy atom. The first kappa shape index (κ1) is 24.7. The van der Waals surface area contributed by atoms with Gasteiger partial charge in [-0.2, -0.15) is 0 Å². The molecule has 2 unspecified atom stereocenters. The fourth-order valence-electron chi connectivity index (χ4n) is 7.31. The molecule has 4 aliphatic carbocycles. The summed E-state index contributed by atoms with van der Waals surface area (Å²) in [7, 11) is 0. The number of ether oxygens (including phenoxy) is 2. The number of hydrogen-bond acceptors (Lipinski definition) is 8. The normalized spacial score (nSPS) is 44.9. The molecule has 2 N–H and O–H groups in total. The number of carbonyl (C=O) groups is 4. The number of rotatable bonds is 4. The van der Waals surface area contributed by atoms with Gasteiger partial charge in [-0.25, -0.2) is 4.39 Å². The highest BCUT2D eigenvalue weighted by Gasteiger charge is 2.77. The highest BCUT2D eigenvalue weighted by atomic mass is 19.1. The smallest absolute Gasteiger partial charge is 0.303 e. The van der Waals surface area contributed by atoms with Gasteiger partial charge in [0.1, 0.15) is 6.10 Å². The van der Waals surface area contributed by atoms with Crippen molar-refractivity contribution in [3.63, 3.8) is 0 Å². The summed E-state index contributed by atoms with van der Waals surface area (Å²) in [6.45, 7) is 4.80. The molecule has 0 amide bonds. The van der Waals surface area contributed by atoms with Crippen LogP contribution in [0.5, 0.6) is 0 Å². The standard InChI is InChI=1S/C25H31FO8/c1-13(27)33-12-20(31)25(32)21(34-14(2)28)10-18-17-6-5-15-9-16(29)7-8-22(15,3)24(17,26)19(30)11-23(18,25)4/h7-9,17-19,21,30,32H,5-6,10-12H2,1-4H3/t17-,18+,19?,21?,22+,23+,24+,25-/m1/s1. The highest BCUT2D eigenvalue weighted by molar-refractivity contribution is 6.01. The van der Waals surface area contributed by atoms with Crippen LogP contribution in [0.4, 0.5) is 4.39 Å². The Labute approximate surface area is 197 Å². The highest BCUT2D eigenvalue weighted by Crippen LogP contribution is 2.70. The van der Waals surface area contributed by atoms with Gasteiger partial charge in [0.05, 0.1) is 6.10 Å². The first-order chi connectivity index (χ1) is 15.7. The van der Waals surface area contributed by atoms with Gasteiger partial charge in [-0.1, -0.05) is 18.6 Å². The number of esters is 2. The topological polar surface area (TPSA) is 127 Å². The Morgan fingerprint density at radius 2 is 1.85 bits per heavy atom. The Hall–Kier alpha value is -2.39. The maximum atomic E-state index is 17.2. The lowest BCUT2D eigenvalue weighted by atomic mass is 9.44. The Bertz CT molecular complexity index is 1020. The van der Waals surface area contributed by atoms with Crippen molar-refractivity contribution in [2.75, 3.05) is 6.61 Å². The summed E-state index contributed by atoms with van der Waals surface area (Å²) >= 11 is 0. The van der Waals surface area contributed by atoms with Gasteiger partial charge in [0.2, 0.25) is 5.78 Å². The molecule has 4 rings (SSSR count). The molecule has 3 saturated carbocycles. The quantitative estimate of drug-likeness (QED) is 0.586. The summed E-state index contributed by atoms with van der Waals surface area (Å²) < 4.78 is 27.4. The molecular formula is C25H31FO8. The monoisotopic (exact) mass is 478 g/mol. The van der Waals surface area contributed by atoms with Gasteiger partial charge >= 0.3 is 11.9 Å². The summed E-state index contributed by atoms with van der Waals surface area (Å²) in [5.74, 6) is -3.93. The minimum atomic E-state index is -2.28. The predicted octanol–water partition coefficient (Wildman–Crippen LogP) is 1.76. The van der Waals surface area contributed by atoms with Crippen LogP contribution >= 0.6 is 0 Å². The minimum absolute atomic E-state index is 0.0131. The number of fused-ring (bicyclic) bond motifs is 5. The molecule has 0 saturated heterocycles. The molecule has 0 radical (unpaired) electrons. The molecule has 9 heteroatoms. The van der Waals surface area contributed by atoms with Crippen molar-refractivity contribution in [1.82, 2.24) is 0 Å². The van der Waals surface area contributed by atoms with E-state index in [1.807, 2.05) is 0 Å². The van der Waals surface area contributed by atoms with Gasteiger partial charge in [0.25, 0.3) is 0 Å². The summed E-state index contributed by atoms with van der Waals surface area (Å²) in [4.78, 5) is 48.4. The van der Waals surface area contributed by atoms with E-state index in [0.29, 0.717) is 12.0 Å². The van der Waals surface area contributed by atoms with Crippen LogP contribution < -0.4 is 0 Å². The van der Waals surface area contributed by atoms with Crippen molar-refractivity contribution < 1.29 is 43.3 Å². The van der Waals surface area contributed by atoms with E-state index in [-0.39, 0.29) is 25.0 Å². The van der Waals surface area contributed by atoms with E-state index in [1.165, 1.54) is 18.2 Å². The van der Waals surface area contributed by atoms with Crippen LogP contribution in [0.15, 0.2) is 23.8 Å².